The number of hydrogen-bond acceptors (Lipinski definition) is 2. The first-order valence-electron chi connectivity index (χ1n) is 6.65. The molecule has 1 unspecified atom stereocenters. The van der Waals surface area contributed by atoms with Crippen molar-refractivity contribution in [2.75, 3.05) is 20.2 Å². The van der Waals surface area contributed by atoms with Crippen LogP contribution in [-0.4, -0.2) is 25.8 Å². The monoisotopic (exact) mass is 229 g/mol. The van der Waals surface area contributed by atoms with Crippen LogP contribution in [0.5, 0.6) is 0 Å². The third-order valence-electron chi connectivity index (χ3n) is 3.72. The van der Waals surface area contributed by atoms with Gasteiger partial charge >= 0.3 is 0 Å². The maximum atomic E-state index is 5.48. The molecule has 98 valence electrons. The molecule has 0 aromatic rings. The van der Waals surface area contributed by atoms with Gasteiger partial charge in [0.25, 0.3) is 0 Å². The van der Waals surface area contributed by atoms with Gasteiger partial charge in [0.1, 0.15) is 0 Å². The minimum absolute atomic E-state index is 0.0151. The molecule has 0 amide bonds. The number of methoxy groups -OCH3 is 1. The molecule has 0 aromatic heterocycles. The fraction of sp³-hybridized carbons (Fsp3) is 1.00. The van der Waals surface area contributed by atoms with Crippen LogP contribution in [0.3, 0.4) is 0 Å². The van der Waals surface area contributed by atoms with Crippen LogP contribution in [0.25, 0.3) is 0 Å². The van der Waals surface area contributed by atoms with Crippen LogP contribution < -0.4 is 5.32 Å². The summed E-state index contributed by atoms with van der Waals surface area (Å²) in [5.41, 5.74) is 0.423. The predicted octanol–water partition coefficient (Wildman–Crippen LogP) is 3.61. The zero-order valence-corrected chi connectivity index (χ0v) is 12.2. The molecule has 1 atom stereocenters. The molecule has 1 N–H and O–H groups in total. The van der Waals surface area contributed by atoms with Gasteiger partial charge in [-0.15, -0.1) is 0 Å². The van der Waals surface area contributed by atoms with E-state index in [1.807, 2.05) is 0 Å². The van der Waals surface area contributed by atoms with Gasteiger partial charge in [-0.05, 0) is 51.5 Å². The molecule has 0 saturated carbocycles. The lowest BCUT2D eigenvalue weighted by atomic mass is 9.80. The molecule has 0 saturated heterocycles. The van der Waals surface area contributed by atoms with E-state index >= 15 is 0 Å². The Labute approximate surface area is 102 Å². The summed E-state index contributed by atoms with van der Waals surface area (Å²) in [5, 5.41) is 3.54. The fourth-order valence-corrected chi connectivity index (χ4v) is 1.66. The summed E-state index contributed by atoms with van der Waals surface area (Å²) in [5.74, 6) is 0. The van der Waals surface area contributed by atoms with Crippen molar-refractivity contribution in [2.45, 2.75) is 65.9 Å². The lowest BCUT2D eigenvalue weighted by Gasteiger charge is -2.33. The minimum Gasteiger partial charge on any atom is -0.379 e. The fourth-order valence-electron chi connectivity index (χ4n) is 1.66. The highest BCUT2D eigenvalue weighted by Gasteiger charge is 2.26. The molecule has 0 aliphatic carbocycles. The van der Waals surface area contributed by atoms with Crippen LogP contribution in [0.2, 0.25) is 0 Å². The molecule has 0 aromatic carbocycles. The average molecular weight is 229 g/mol. The van der Waals surface area contributed by atoms with Crippen molar-refractivity contribution < 1.29 is 4.74 Å². The first-order chi connectivity index (χ1) is 7.39. The topological polar surface area (TPSA) is 21.3 Å². The Morgan fingerprint density at radius 2 is 1.69 bits per heavy atom. The van der Waals surface area contributed by atoms with E-state index in [2.05, 4.69) is 39.9 Å². The van der Waals surface area contributed by atoms with Crippen molar-refractivity contribution in [1.29, 1.82) is 0 Å². The summed E-state index contributed by atoms with van der Waals surface area (Å²) >= 11 is 0. The van der Waals surface area contributed by atoms with Crippen LogP contribution in [0.4, 0.5) is 0 Å². The highest BCUT2D eigenvalue weighted by molar-refractivity contribution is 4.79. The summed E-state index contributed by atoms with van der Waals surface area (Å²) in [4.78, 5) is 0. The largest absolute Gasteiger partial charge is 0.379 e. The number of nitrogens with one attached hydrogen (secondary N) is 1. The molecule has 2 nitrogen and oxygen atoms in total. The van der Waals surface area contributed by atoms with Gasteiger partial charge in [0.15, 0.2) is 0 Å². The molecule has 16 heavy (non-hydrogen) atoms. The van der Waals surface area contributed by atoms with Gasteiger partial charge < -0.3 is 10.1 Å². The van der Waals surface area contributed by atoms with Gasteiger partial charge in [0.2, 0.25) is 0 Å². The molecule has 0 spiro atoms. The van der Waals surface area contributed by atoms with Gasteiger partial charge in [-0.3, -0.25) is 0 Å². The van der Waals surface area contributed by atoms with Crippen LogP contribution in [-0.2, 0) is 4.74 Å². The van der Waals surface area contributed by atoms with Crippen LogP contribution in [0.15, 0.2) is 0 Å². The standard InChI is InChI=1S/C14H31NO/c1-7-11-15-12-14(5,8-2)10-9-13(3,4)16-6/h15H,7-12H2,1-6H3. The van der Waals surface area contributed by atoms with Gasteiger partial charge in [0, 0.05) is 13.7 Å². The number of ether oxygens (including phenoxy) is 1. The molecule has 0 aliphatic heterocycles. The Bertz CT molecular complexity index is 180. The molecule has 2 heteroatoms. The quantitative estimate of drug-likeness (QED) is 0.610. The SMILES string of the molecule is CCCNCC(C)(CC)CCC(C)(C)OC. The van der Waals surface area contributed by atoms with E-state index in [-0.39, 0.29) is 5.60 Å². The van der Waals surface area contributed by atoms with E-state index in [9.17, 15) is 0 Å². The molecular weight excluding hydrogens is 198 g/mol. The Hall–Kier alpha value is -0.0800. The van der Waals surface area contributed by atoms with Gasteiger partial charge in [0.05, 0.1) is 5.60 Å². The molecular formula is C14H31NO. The lowest BCUT2D eigenvalue weighted by Crippen LogP contribution is -2.34. The van der Waals surface area contributed by atoms with Crippen LogP contribution >= 0.6 is 0 Å². The van der Waals surface area contributed by atoms with E-state index in [1.165, 1.54) is 19.3 Å². The zero-order valence-electron chi connectivity index (χ0n) is 12.2. The number of rotatable bonds is 9. The average Bonchev–Trinajstić information content (AvgIpc) is 2.27. The second-order valence-electron chi connectivity index (χ2n) is 5.80. The van der Waals surface area contributed by atoms with Crippen molar-refractivity contribution >= 4 is 0 Å². The summed E-state index contributed by atoms with van der Waals surface area (Å²) in [7, 11) is 1.80. The van der Waals surface area contributed by atoms with E-state index in [0.717, 1.165) is 19.5 Å². The summed E-state index contributed by atoms with van der Waals surface area (Å²) < 4.78 is 5.48. The number of hydrogen-bond donors (Lipinski definition) is 1. The molecule has 0 aliphatic rings. The first kappa shape index (κ1) is 15.9. The summed E-state index contributed by atoms with van der Waals surface area (Å²) in [6.45, 7) is 13.5. The van der Waals surface area contributed by atoms with Crippen molar-refractivity contribution in [2.24, 2.45) is 5.41 Å². The third kappa shape index (κ3) is 6.49. The van der Waals surface area contributed by atoms with Gasteiger partial charge in [-0.1, -0.05) is 20.8 Å². The molecule has 0 radical (unpaired) electrons. The Morgan fingerprint density at radius 3 is 2.12 bits per heavy atom. The van der Waals surface area contributed by atoms with Gasteiger partial charge in [-0.2, -0.15) is 0 Å². The Kier molecular flexibility index (Phi) is 7.25. The Balaban J connectivity index is 4.05. The van der Waals surface area contributed by atoms with Crippen molar-refractivity contribution in [3.63, 3.8) is 0 Å². The highest BCUT2D eigenvalue weighted by Crippen LogP contribution is 2.30. The smallest absolute Gasteiger partial charge is 0.0623 e. The maximum absolute atomic E-state index is 5.48. The third-order valence-corrected chi connectivity index (χ3v) is 3.72. The maximum Gasteiger partial charge on any atom is 0.0623 e. The Morgan fingerprint density at radius 1 is 1.06 bits per heavy atom. The van der Waals surface area contributed by atoms with E-state index in [0.29, 0.717) is 5.41 Å². The first-order valence-corrected chi connectivity index (χ1v) is 6.65. The second kappa shape index (κ2) is 7.29. The second-order valence-corrected chi connectivity index (χ2v) is 5.80. The lowest BCUT2D eigenvalue weighted by molar-refractivity contribution is 0.00433. The van der Waals surface area contributed by atoms with E-state index < -0.39 is 0 Å². The normalized spacial score (nSPS) is 16.1. The highest BCUT2D eigenvalue weighted by atomic mass is 16.5. The van der Waals surface area contributed by atoms with Crippen molar-refractivity contribution in [1.82, 2.24) is 5.32 Å². The van der Waals surface area contributed by atoms with E-state index in [4.69, 9.17) is 4.74 Å². The predicted molar refractivity (Wildman–Crippen MR) is 71.9 cm³/mol. The van der Waals surface area contributed by atoms with Crippen LogP contribution in [0, 0.1) is 5.41 Å². The molecule has 0 rings (SSSR count). The van der Waals surface area contributed by atoms with Crippen molar-refractivity contribution in [3.05, 3.63) is 0 Å². The zero-order chi connectivity index (χ0) is 12.7. The van der Waals surface area contributed by atoms with Crippen molar-refractivity contribution in [3.8, 4) is 0 Å². The minimum atomic E-state index is 0.0151. The molecule has 0 fully saturated rings. The summed E-state index contributed by atoms with van der Waals surface area (Å²) in [6.07, 6.45) is 4.79. The van der Waals surface area contributed by atoms with Gasteiger partial charge in [-0.25, -0.2) is 0 Å². The van der Waals surface area contributed by atoms with E-state index in [1.54, 1.807) is 7.11 Å². The van der Waals surface area contributed by atoms with Crippen LogP contribution in [0.1, 0.15) is 60.3 Å². The summed E-state index contributed by atoms with van der Waals surface area (Å²) in [6, 6.07) is 0. The molecule has 0 heterocycles. The molecule has 0 bridgehead atoms.